The number of nitrogens with zero attached hydrogens (tertiary/aromatic N) is 1. The van der Waals surface area contributed by atoms with Gasteiger partial charge in [-0.1, -0.05) is 17.4 Å². The minimum absolute atomic E-state index is 0.0913. The number of fused-ring (bicyclic) bond motifs is 1. The molecular weight excluding hydrogens is 294 g/mol. The number of aromatic carboxylic acids is 1. The molecule has 0 aliphatic carbocycles. The molecule has 0 unspecified atom stereocenters. The number of carbonyl (C=O) groups is 1. The van der Waals surface area contributed by atoms with Gasteiger partial charge in [-0.05, 0) is 43.2 Å². The van der Waals surface area contributed by atoms with Gasteiger partial charge in [-0.3, -0.25) is 9.36 Å². The van der Waals surface area contributed by atoms with Crippen molar-refractivity contribution in [2.24, 2.45) is 0 Å². The van der Waals surface area contributed by atoms with E-state index in [-0.39, 0.29) is 9.75 Å². The van der Waals surface area contributed by atoms with Crippen LogP contribution >= 0.6 is 22.7 Å². The van der Waals surface area contributed by atoms with Gasteiger partial charge in [0.05, 0.1) is 10.4 Å². The Hall–Kier alpha value is -1.92. The summed E-state index contributed by atoms with van der Waals surface area (Å²) >= 11 is 2.21. The summed E-state index contributed by atoms with van der Waals surface area (Å²) in [6.45, 7) is 4.00. The summed E-state index contributed by atoms with van der Waals surface area (Å²) in [5.74, 6) is -0.961. The molecule has 0 aliphatic heterocycles. The summed E-state index contributed by atoms with van der Waals surface area (Å²) < 4.78 is 2.31. The van der Waals surface area contributed by atoms with E-state index in [2.05, 4.69) is 0 Å². The molecule has 0 bridgehead atoms. The van der Waals surface area contributed by atoms with E-state index in [1.54, 1.807) is 10.6 Å². The number of carboxylic acids is 1. The van der Waals surface area contributed by atoms with E-state index >= 15 is 0 Å². The van der Waals surface area contributed by atoms with Gasteiger partial charge in [0.2, 0.25) is 0 Å². The fraction of sp³-hybridized carbons (Fsp3) is 0.143. The zero-order chi connectivity index (χ0) is 14.4. The third kappa shape index (κ3) is 1.97. The Labute approximate surface area is 122 Å². The standard InChI is InChI=1S/C14H11NO3S2/c1-7-3-4-9(5-8(7)2)15-12-10(20-14(15)18)6-11(19-12)13(16)17/h3-6H,1-2H3,(H,16,17). The molecule has 0 spiro atoms. The summed E-state index contributed by atoms with van der Waals surface area (Å²) in [4.78, 5) is 24.0. The van der Waals surface area contributed by atoms with Crippen LogP contribution in [0.2, 0.25) is 0 Å². The Morgan fingerprint density at radius 2 is 1.90 bits per heavy atom. The van der Waals surface area contributed by atoms with Crippen LogP contribution in [-0.2, 0) is 0 Å². The monoisotopic (exact) mass is 305 g/mol. The molecule has 0 radical (unpaired) electrons. The van der Waals surface area contributed by atoms with Crippen LogP contribution in [0.3, 0.4) is 0 Å². The molecule has 0 fully saturated rings. The molecule has 102 valence electrons. The first-order chi connectivity index (χ1) is 9.47. The Bertz CT molecular complexity index is 886. The molecule has 3 rings (SSSR count). The maximum atomic E-state index is 12.1. The van der Waals surface area contributed by atoms with Gasteiger partial charge in [0.25, 0.3) is 0 Å². The molecular formula is C14H11NO3S2. The van der Waals surface area contributed by atoms with Crippen molar-refractivity contribution in [1.82, 2.24) is 4.57 Å². The number of aryl methyl sites for hydroxylation is 2. The fourth-order valence-electron chi connectivity index (χ4n) is 2.01. The highest BCUT2D eigenvalue weighted by molar-refractivity contribution is 7.27. The maximum Gasteiger partial charge on any atom is 0.345 e. The van der Waals surface area contributed by atoms with E-state index in [9.17, 15) is 9.59 Å². The molecule has 0 amide bonds. The second-order valence-electron chi connectivity index (χ2n) is 4.56. The molecule has 2 heterocycles. The lowest BCUT2D eigenvalue weighted by atomic mass is 10.1. The molecule has 0 saturated carbocycles. The van der Waals surface area contributed by atoms with Crippen LogP contribution in [0.1, 0.15) is 20.8 Å². The largest absolute Gasteiger partial charge is 0.477 e. The Morgan fingerprint density at radius 1 is 1.15 bits per heavy atom. The lowest BCUT2D eigenvalue weighted by Crippen LogP contribution is -2.10. The van der Waals surface area contributed by atoms with Crippen LogP contribution in [0, 0.1) is 13.8 Å². The molecule has 2 aromatic heterocycles. The minimum atomic E-state index is -0.961. The molecule has 1 N–H and O–H groups in total. The quantitative estimate of drug-likeness (QED) is 0.789. The molecule has 0 atom stereocenters. The molecule has 3 aromatic rings. The predicted molar refractivity (Wildman–Crippen MR) is 81.7 cm³/mol. The van der Waals surface area contributed by atoms with Gasteiger partial charge in [-0.2, -0.15) is 0 Å². The molecule has 6 heteroatoms. The van der Waals surface area contributed by atoms with Crippen LogP contribution in [0.15, 0.2) is 29.1 Å². The lowest BCUT2D eigenvalue weighted by Gasteiger charge is -2.05. The van der Waals surface area contributed by atoms with Crippen molar-refractivity contribution in [3.05, 3.63) is 49.9 Å². The summed E-state index contributed by atoms with van der Waals surface area (Å²) in [6, 6.07) is 7.36. The van der Waals surface area contributed by atoms with Gasteiger partial charge in [0.1, 0.15) is 9.71 Å². The zero-order valence-corrected chi connectivity index (χ0v) is 12.5. The molecule has 1 aromatic carbocycles. The number of hydrogen-bond acceptors (Lipinski definition) is 4. The third-order valence-corrected chi connectivity index (χ3v) is 5.35. The van der Waals surface area contributed by atoms with Gasteiger partial charge in [-0.25, -0.2) is 4.79 Å². The SMILES string of the molecule is Cc1ccc(-n2c(=O)sc3cc(C(=O)O)sc32)cc1C. The van der Waals surface area contributed by atoms with Gasteiger partial charge >= 0.3 is 10.8 Å². The topological polar surface area (TPSA) is 59.3 Å². The molecule has 20 heavy (non-hydrogen) atoms. The van der Waals surface area contributed by atoms with E-state index in [0.717, 1.165) is 44.2 Å². The minimum Gasteiger partial charge on any atom is -0.477 e. The van der Waals surface area contributed by atoms with Crippen LogP contribution < -0.4 is 4.87 Å². The summed E-state index contributed by atoms with van der Waals surface area (Å²) in [7, 11) is 0. The Kier molecular flexibility index (Phi) is 2.99. The number of aromatic nitrogens is 1. The van der Waals surface area contributed by atoms with Gasteiger partial charge < -0.3 is 5.11 Å². The Balaban J connectivity index is 2.28. The summed E-state index contributed by atoms with van der Waals surface area (Å²) in [5, 5.41) is 9.04. The van der Waals surface area contributed by atoms with Crippen molar-refractivity contribution in [1.29, 1.82) is 0 Å². The first kappa shape index (κ1) is 13.1. The van der Waals surface area contributed by atoms with Crippen molar-refractivity contribution in [3.8, 4) is 5.69 Å². The van der Waals surface area contributed by atoms with Crippen molar-refractivity contribution in [3.63, 3.8) is 0 Å². The molecule has 4 nitrogen and oxygen atoms in total. The second kappa shape index (κ2) is 4.57. The highest BCUT2D eigenvalue weighted by Crippen LogP contribution is 2.30. The van der Waals surface area contributed by atoms with Crippen LogP contribution in [0.4, 0.5) is 0 Å². The highest BCUT2D eigenvalue weighted by Gasteiger charge is 2.16. The van der Waals surface area contributed by atoms with E-state index in [0.29, 0.717) is 4.83 Å². The van der Waals surface area contributed by atoms with Crippen molar-refractivity contribution in [2.75, 3.05) is 0 Å². The van der Waals surface area contributed by atoms with Crippen LogP contribution in [0.5, 0.6) is 0 Å². The van der Waals surface area contributed by atoms with E-state index < -0.39 is 5.97 Å². The smallest absolute Gasteiger partial charge is 0.345 e. The van der Waals surface area contributed by atoms with E-state index in [1.165, 1.54) is 0 Å². The van der Waals surface area contributed by atoms with Crippen molar-refractivity contribution < 1.29 is 9.90 Å². The average molecular weight is 305 g/mol. The van der Waals surface area contributed by atoms with Crippen LogP contribution in [0.25, 0.3) is 15.2 Å². The summed E-state index contributed by atoms with van der Waals surface area (Å²) in [6.07, 6.45) is 0. The van der Waals surface area contributed by atoms with Crippen LogP contribution in [-0.4, -0.2) is 15.6 Å². The lowest BCUT2D eigenvalue weighted by molar-refractivity contribution is 0.0702. The fourth-order valence-corrected chi connectivity index (χ4v) is 4.13. The van der Waals surface area contributed by atoms with Gasteiger partial charge in [0, 0.05) is 0 Å². The zero-order valence-electron chi connectivity index (χ0n) is 10.8. The second-order valence-corrected chi connectivity index (χ2v) is 6.58. The first-order valence-electron chi connectivity index (χ1n) is 5.93. The number of hydrogen-bond donors (Lipinski definition) is 1. The number of carboxylic acid groups (broad SMARTS) is 1. The molecule has 0 aliphatic rings. The normalized spacial score (nSPS) is 11.1. The number of rotatable bonds is 2. The maximum absolute atomic E-state index is 12.1. The van der Waals surface area contributed by atoms with E-state index in [1.807, 2.05) is 32.0 Å². The first-order valence-corrected chi connectivity index (χ1v) is 7.57. The number of benzene rings is 1. The third-order valence-electron chi connectivity index (χ3n) is 3.22. The number of thiophene rings is 1. The number of thiazole rings is 1. The Morgan fingerprint density at radius 3 is 2.55 bits per heavy atom. The summed E-state index contributed by atoms with van der Waals surface area (Å²) in [5.41, 5.74) is 3.04. The average Bonchev–Trinajstić information content (AvgIpc) is 2.89. The van der Waals surface area contributed by atoms with E-state index in [4.69, 9.17) is 5.11 Å². The van der Waals surface area contributed by atoms with Crippen molar-refractivity contribution in [2.45, 2.75) is 13.8 Å². The highest BCUT2D eigenvalue weighted by atomic mass is 32.1. The van der Waals surface area contributed by atoms with Crippen molar-refractivity contribution >= 4 is 38.2 Å². The predicted octanol–water partition coefficient (Wildman–Crippen LogP) is 3.43. The van der Waals surface area contributed by atoms with Gasteiger partial charge in [-0.15, -0.1) is 11.3 Å². The molecule has 0 saturated heterocycles. The van der Waals surface area contributed by atoms with Gasteiger partial charge in [0.15, 0.2) is 0 Å².